The van der Waals surface area contributed by atoms with E-state index in [2.05, 4.69) is 25.8 Å². The molecule has 0 spiro atoms. The van der Waals surface area contributed by atoms with Crippen molar-refractivity contribution in [2.45, 2.75) is 45.6 Å². The molecule has 0 bridgehead atoms. The number of aliphatic hydroxyl groups excluding tert-OH is 1. The van der Waals surface area contributed by atoms with Crippen LogP contribution in [0.4, 0.5) is 0 Å². The summed E-state index contributed by atoms with van der Waals surface area (Å²) >= 11 is 0. The molecule has 0 amide bonds. The van der Waals surface area contributed by atoms with Crippen molar-refractivity contribution in [2.75, 3.05) is 26.7 Å². The first-order valence-corrected chi connectivity index (χ1v) is 5.95. The van der Waals surface area contributed by atoms with Crippen LogP contribution in [0.1, 0.15) is 40.0 Å². The lowest BCUT2D eigenvalue weighted by Gasteiger charge is -2.23. The summed E-state index contributed by atoms with van der Waals surface area (Å²) in [6.45, 7) is 8.73. The maximum Gasteiger partial charge on any atom is 0.0608 e. The fourth-order valence-corrected chi connectivity index (χ4v) is 1.70. The fraction of sp³-hybridized carbons (Fsp3) is 1.00. The van der Waals surface area contributed by atoms with Crippen LogP contribution in [-0.4, -0.2) is 42.3 Å². The highest BCUT2D eigenvalue weighted by molar-refractivity contribution is 4.76. The van der Waals surface area contributed by atoms with Crippen LogP contribution in [0, 0.1) is 5.92 Å². The molecule has 92 valence electrons. The van der Waals surface area contributed by atoms with Crippen molar-refractivity contribution in [3.8, 4) is 0 Å². The van der Waals surface area contributed by atoms with E-state index in [-0.39, 0.29) is 6.61 Å². The van der Waals surface area contributed by atoms with Gasteiger partial charge in [0.2, 0.25) is 0 Å². The monoisotopic (exact) mass is 216 g/mol. The SMILES string of the molecule is CC(C)CN(C)CCCCC(C)(N)CO. The summed E-state index contributed by atoms with van der Waals surface area (Å²) in [4.78, 5) is 2.36. The van der Waals surface area contributed by atoms with E-state index in [4.69, 9.17) is 10.8 Å². The van der Waals surface area contributed by atoms with Crippen molar-refractivity contribution in [1.29, 1.82) is 0 Å². The van der Waals surface area contributed by atoms with Gasteiger partial charge in [-0.3, -0.25) is 0 Å². The minimum absolute atomic E-state index is 0.0782. The van der Waals surface area contributed by atoms with Crippen molar-refractivity contribution in [3.63, 3.8) is 0 Å². The molecular formula is C12H28N2O. The van der Waals surface area contributed by atoms with E-state index < -0.39 is 5.54 Å². The quantitative estimate of drug-likeness (QED) is 0.604. The largest absolute Gasteiger partial charge is 0.394 e. The number of unbranched alkanes of at least 4 members (excludes halogenated alkanes) is 1. The summed E-state index contributed by atoms with van der Waals surface area (Å²) in [5.74, 6) is 0.729. The Labute approximate surface area is 94.6 Å². The molecule has 0 radical (unpaired) electrons. The Hall–Kier alpha value is -0.120. The molecule has 0 aromatic heterocycles. The Morgan fingerprint density at radius 3 is 2.40 bits per heavy atom. The molecule has 3 nitrogen and oxygen atoms in total. The highest BCUT2D eigenvalue weighted by atomic mass is 16.3. The summed E-state index contributed by atoms with van der Waals surface area (Å²) in [5, 5.41) is 8.99. The Morgan fingerprint density at radius 1 is 1.33 bits per heavy atom. The van der Waals surface area contributed by atoms with Crippen molar-refractivity contribution < 1.29 is 5.11 Å². The maximum atomic E-state index is 8.99. The number of rotatable bonds is 8. The number of aliphatic hydroxyl groups is 1. The van der Waals surface area contributed by atoms with E-state index in [1.165, 1.54) is 0 Å². The van der Waals surface area contributed by atoms with Gasteiger partial charge in [-0.2, -0.15) is 0 Å². The first-order chi connectivity index (χ1) is 6.87. The van der Waals surface area contributed by atoms with Crippen LogP contribution in [-0.2, 0) is 0 Å². The standard InChI is InChI=1S/C12H28N2O/c1-11(2)9-14(4)8-6-5-7-12(3,13)10-15/h11,15H,5-10,13H2,1-4H3. The third-order valence-electron chi connectivity index (χ3n) is 2.58. The molecule has 1 atom stereocenters. The average Bonchev–Trinajstić information content (AvgIpc) is 2.11. The van der Waals surface area contributed by atoms with Gasteiger partial charge in [0.15, 0.2) is 0 Å². The second kappa shape index (κ2) is 7.20. The third kappa shape index (κ3) is 8.85. The molecule has 0 aliphatic carbocycles. The van der Waals surface area contributed by atoms with Crippen LogP contribution in [0.3, 0.4) is 0 Å². The molecule has 0 aromatic carbocycles. The lowest BCUT2D eigenvalue weighted by molar-refractivity contribution is 0.194. The van der Waals surface area contributed by atoms with Crippen molar-refractivity contribution in [1.82, 2.24) is 4.90 Å². The zero-order valence-electron chi connectivity index (χ0n) is 10.8. The van der Waals surface area contributed by atoms with Crippen LogP contribution in [0.5, 0.6) is 0 Å². The zero-order valence-corrected chi connectivity index (χ0v) is 10.8. The zero-order chi connectivity index (χ0) is 11.9. The molecule has 0 saturated carbocycles. The van der Waals surface area contributed by atoms with Crippen LogP contribution >= 0.6 is 0 Å². The topological polar surface area (TPSA) is 49.5 Å². The van der Waals surface area contributed by atoms with Gasteiger partial charge in [-0.25, -0.2) is 0 Å². The second-order valence-corrected chi connectivity index (χ2v) is 5.43. The molecule has 0 fully saturated rings. The highest BCUT2D eigenvalue weighted by Crippen LogP contribution is 2.10. The number of nitrogens with two attached hydrogens (primary N) is 1. The van der Waals surface area contributed by atoms with E-state index in [0.717, 1.165) is 38.3 Å². The normalized spacial score (nSPS) is 16.0. The van der Waals surface area contributed by atoms with E-state index in [0.29, 0.717) is 0 Å². The fourth-order valence-electron chi connectivity index (χ4n) is 1.70. The van der Waals surface area contributed by atoms with E-state index >= 15 is 0 Å². The molecule has 0 heterocycles. The summed E-state index contributed by atoms with van der Waals surface area (Å²) in [5.41, 5.74) is 5.46. The molecular weight excluding hydrogens is 188 g/mol. The highest BCUT2D eigenvalue weighted by Gasteiger charge is 2.15. The Kier molecular flexibility index (Phi) is 7.14. The van der Waals surface area contributed by atoms with Gasteiger partial charge in [-0.1, -0.05) is 20.3 Å². The predicted molar refractivity (Wildman–Crippen MR) is 65.9 cm³/mol. The van der Waals surface area contributed by atoms with Gasteiger partial charge >= 0.3 is 0 Å². The molecule has 1 unspecified atom stereocenters. The minimum atomic E-state index is -0.392. The van der Waals surface area contributed by atoms with E-state index in [9.17, 15) is 0 Å². The Bertz CT molecular complexity index is 158. The first kappa shape index (κ1) is 14.9. The second-order valence-electron chi connectivity index (χ2n) is 5.43. The van der Waals surface area contributed by atoms with Gasteiger partial charge in [0.1, 0.15) is 0 Å². The van der Waals surface area contributed by atoms with Crippen LogP contribution in [0.25, 0.3) is 0 Å². The molecule has 15 heavy (non-hydrogen) atoms. The molecule has 3 N–H and O–H groups in total. The van der Waals surface area contributed by atoms with Gasteiger partial charge in [0.25, 0.3) is 0 Å². The smallest absolute Gasteiger partial charge is 0.0608 e. The Balaban J connectivity index is 3.46. The average molecular weight is 216 g/mol. The summed E-state index contributed by atoms with van der Waals surface area (Å²) in [7, 11) is 2.16. The van der Waals surface area contributed by atoms with E-state index in [1.54, 1.807) is 0 Å². The van der Waals surface area contributed by atoms with Crippen LogP contribution in [0.2, 0.25) is 0 Å². The molecule has 0 aromatic rings. The summed E-state index contributed by atoms with van der Waals surface area (Å²) in [6, 6.07) is 0. The minimum Gasteiger partial charge on any atom is -0.394 e. The van der Waals surface area contributed by atoms with Crippen LogP contribution < -0.4 is 5.73 Å². The van der Waals surface area contributed by atoms with Crippen molar-refractivity contribution in [3.05, 3.63) is 0 Å². The van der Waals surface area contributed by atoms with E-state index in [1.807, 2.05) is 6.92 Å². The molecule has 0 aliphatic rings. The van der Waals surface area contributed by atoms with Crippen LogP contribution in [0.15, 0.2) is 0 Å². The number of hydrogen-bond acceptors (Lipinski definition) is 3. The maximum absolute atomic E-state index is 8.99. The lowest BCUT2D eigenvalue weighted by atomic mass is 9.97. The molecule has 3 heteroatoms. The number of hydrogen-bond donors (Lipinski definition) is 2. The third-order valence-corrected chi connectivity index (χ3v) is 2.58. The molecule has 0 rings (SSSR count). The van der Waals surface area contributed by atoms with Gasteiger partial charge in [0, 0.05) is 12.1 Å². The Morgan fingerprint density at radius 2 is 1.93 bits per heavy atom. The van der Waals surface area contributed by atoms with Crippen molar-refractivity contribution in [2.24, 2.45) is 11.7 Å². The van der Waals surface area contributed by atoms with Crippen molar-refractivity contribution >= 4 is 0 Å². The summed E-state index contributed by atoms with van der Waals surface area (Å²) in [6.07, 6.45) is 3.16. The molecule has 0 saturated heterocycles. The van der Waals surface area contributed by atoms with Gasteiger partial charge in [-0.15, -0.1) is 0 Å². The first-order valence-electron chi connectivity index (χ1n) is 5.95. The number of nitrogens with zero attached hydrogens (tertiary/aromatic N) is 1. The van der Waals surface area contributed by atoms with Gasteiger partial charge < -0.3 is 15.7 Å². The van der Waals surface area contributed by atoms with Gasteiger partial charge in [-0.05, 0) is 39.3 Å². The summed E-state index contributed by atoms with van der Waals surface area (Å²) < 4.78 is 0. The lowest BCUT2D eigenvalue weighted by Crippen LogP contribution is -2.40. The molecule has 0 aliphatic heterocycles. The van der Waals surface area contributed by atoms with Gasteiger partial charge in [0.05, 0.1) is 6.61 Å². The predicted octanol–water partition coefficient (Wildman–Crippen LogP) is 1.45.